The van der Waals surface area contributed by atoms with Crippen LogP contribution >= 0.6 is 15.9 Å². The Bertz CT molecular complexity index is 491. The lowest BCUT2D eigenvalue weighted by molar-refractivity contribution is 0.0946. The summed E-state index contributed by atoms with van der Waals surface area (Å²) in [5.74, 6) is -0.0150. The zero-order valence-electron chi connectivity index (χ0n) is 11.4. The van der Waals surface area contributed by atoms with E-state index in [2.05, 4.69) is 46.5 Å². The maximum atomic E-state index is 12.2. The van der Waals surface area contributed by atoms with Crippen molar-refractivity contribution < 1.29 is 4.79 Å². The SMILES string of the molecule is CC(C)n1cc(Br)cc1C(=O)NCC1=CCNCC1. The summed E-state index contributed by atoms with van der Waals surface area (Å²) in [6.07, 6.45) is 5.11. The van der Waals surface area contributed by atoms with Crippen molar-refractivity contribution >= 4 is 21.8 Å². The first-order chi connectivity index (χ1) is 9.08. The van der Waals surface area contributed by atoms with E-state index in [1.807, 2.05) is 16.8 Å². The molecular formula is C14H20BrN3O. The van der Waals surface area contributed by atoms with E-state index >= 15 is 0 Å². The third-order valence-electron chi connectivity index (χ3n) is 3.24. The summed E-state index contributed by atoms with van der Waals surface area (Å²) in [6, 6.07) is 2.14. The molecule has 0 saturated heterocycles. The number of nitrogens with zero attached hydrogens (tertiary/aromatic N) is 1. The minimum absolute atomic E-state index is 0.0150. The molecule has 1 aliphatic heterocycles. The molecule has 0 unspecified atom stereocenters. The van der Waals surface area contributed by atoms with E-state index < -0.39 is 0 Å². The van der Waals surface area contributed by atoms with Crippen molar-refractivity contribution in [3.8, 4) is 0 Å². The van der Waals surface area contributed by atoms with Crippen molar-refractivity contribution in [2.45, 2.75) is 26.3 Å². The molecule has 0 aliphatic carbocycles. The molecule has 2 N–H and O–H groups in total. The molecule has 1 amide bonds. The van der Waals surface area contributed by atoms with E-state index in [1.54, 1.807) is 0 Å². The van der Waals surface area contributed by atoms with Gasteiger partial charge >= 0.3 is 0 Å². The first kappa shape index (κ1) is 14.3. The molecule has 19 heavy (non-hydrogen) atoms. The average molecular weight is 326 g/mol. The smallest absolute Gasteiger partial charge is 0.268 e. The van der Waals surface area contributed by atoms with Gasteiger partial charge in [0.25, 0.3) is 5.91 Å². The van der Waals surface area contributed by atoms with Gasteiger partial charge in [0.15, 0.2) is 0 Å². The molecule has 0 bridgehead atoms. The number of rotatable bonds is 4. The van der Waals surface area contributed by atoms with E-state index in [-0.39, 0.29) is 11.9 Å². The highest BCUT2D eigenvalue weighted by atomic mass is 79.9. The fourth-order valence-corrected chi connectivity index (χ4v) is 2.61. The van der Waals surface area contributed by atoms with E-state index in [9.17, 15) is 4.79 Å². The van der Waals surface area contributed by atoms with Gasteiger partial charge in [-0.1, -0.05) is 11.6 Å². The minimum Gasteiger partial charge on any atom is -0.347 e. The number of carbonyl (C=O) groups is 1. The Kier molecular flexibility index (Phi) is 4.82. The fraction of sp³-hybridized carbons (Fsp3) is 0.500. The van der Waals surface area contributed by atoms with Crippen LogP contribution in [0.15, 0.2) is 28.4 Å². The molecule has 2 rings (SSSR count). The van der Waals surface area contributed by atoms with Crippen LogP contribution in [-0.4, -0.2) is 30.1 Å². The lowest BCUT2D eigenvalue weighted by Gasteiger charge is -2.16. The van der Waals surface area contributed by atoms with Gasteiger partial charge in [0.1, 0.15) is 5.69 Å². The first-order valence-electron chi connectivity index (χ1n) is 6.62. The Morgan fingerprint density at radius 3 is 3.00 bits per heavy atom. The Morgan fingerprint density at radius 2 is 2.37 bits per heavy atom. The van der Waals surface area contributed by atoms with Gasteiger partial charge < -0.3 is 15.2 Å². The summed E-state index contributed by atoms with van der Waals surface area (Å²) in [4.78, 5) is 12.2. The van der Waals surface area contributed by atoms with Crippen LogP contribution in [0.4, 0.5) is 0 Å². The monoisotopic (exact) mass is 325 g/mol. The molecule has 4 nitrogen and oxygen atoms in total. The zero-order chi connectivity index (χ0) is 13.8. The molecule has 0 fully saturated rings. The van der Waals surface area contributed by atoms with Gasteiger partial charge in [0.2, 0.25) is 0 Å². The van der Waals surface area contributed by atoms with E-state index in [1.165, 1.54) is 5.57 Å². The molecule has 104 valence electrons. The largest absolute Gasteiger partial charge is 0.347 e. The molecule has 0 spiro atoms. The molecule has 1 aromatic rings. The topological polar surface area (TPSA) is 46.1 Å². The van der Waals surface area contributed by atoms with Gasteiger partial charge in [-0.25, -0.2) is 0 Å². The summed E-state index contributed by atoms with van der Waals surface area (Å²) >= 11 is 3.43. The van der Waals surface area contributed by atoms with Crippen LogP contribution in [0.2, 0.25) is 0 Å². The summed E-state index contributed by atoms with van der Waals surface area (Å²) in [5.41, 5.74) is 2.00. The molecular weight excluding hydrogens is 306 g/mol. The second-order valence-electron chi connectivity index (χ2n) is 5.04. The Hall–Kier alpha value is -1.07. The molecule has 1 aromatic heterocycles. The van der Waals surface area contributed by atoms with Crippen LogP contribution in [-0.2, 0) is 0 Å². The highest BCUT2D eigenvalue weighted by molar-refractivity contribution is 9.10. The highest BCUT2D eigenvalue weighted by Crippen LogP contribution is 2.19. The molecule has 5 heteroatoms. The fourth-order valence-electron chi connectivity index (χ4n) is 2.17. The predicted molar refractivity (Wildman–Crippen MR) is 80.4 cm³/mol. The average Bonchev–Trinajstić information content (AvgIpc) is 2.79. The van der Waals surface area contributed by atoms with Crippen molar-refractivity contribution in [3.63, 3.8) is 0 Å². The minimum atomic E-state index is -0.0150. The summed E-state index contributed by atoms with van der Waals surface area (Å²) in [5, 5.41) is 6.26. The number of aromatic nitrogens is 1. The number of amides is 1. The van der Waals surface area contributed by atoms with Crippen molar-refractivity contribution in [2.75, 3.05) is 19.6 Å². The first-order valence-corrected chi connectivity index (χ1v) is 7.41. The van der Waals surface area contributed by atoms with Crippen LogP contribution in [0.5, 0.6) is 0 Å². The molecule has 1 aliphatic rings. The van der Waals surface area contributed by atoms with Crippen LogP contribution in [0, 0.1) is 0 Å². The van der Waals surface area contributed by atoms with Crippen molar-refractivity contribution in [1.29, 1.82) is 0 Å². The number of hydrogen-bond donors (Lipinski definition) is 2. The van der Waals surface area contributed by atoms with Gasteiger partial charge in [0.05, 0.1) is 0 Å². The maximum Gasteiger partial charge on any atom is 0.268 e. The lowest BCUT2D eigenvalue weighted by atomic mass is 10.1. The van der Waals surface area contributed by atoms with Gasteiger partial charge in [-0.05, 0) is 48.8 Å². The third kappa shape index (κ3) is 3.70. The lowest BCUT2D eigenvalue weighted by Crippen LogP contribution is -2.31. The number of hydrogen-bond acceptors (Lipinski definition) is 2. The van der Waals surface area contributed by atoms with Crippen LogP contribution < -0.4 is 10.6 Å². The van der Waals surface area contributed by atoms with Gasteiger partial charge in [0, 0.05) is 29.8 Å². The molecule has 0 aromatic carbocycles. The van der Waals surface area contributed by atoms with E-state index in [0.717, 1.165) is 24.0 Å². The maximum absolute atomic E-state index is 12.2. The second-order valence-corrected chi connectivity index (χ2v) is 5.96. The molecule has 0 saturated carbocycles. The van der Waals surface area contributed by atoms with Crippen LogP contribution in [0.3, 0.4) is 0 Å². The van der Waals surface area contributed by atoms with Gasteiger partial charge in [-0.15, -0.1) is 0 Å². The predicted octanol–water partition coefficient (Wildman–Crippen LogP) is 2.48. The highest BCUT2D eigenvalue weighted by Gasteiger charge is 2.15. The quantitative estimate of drug-likeness (QED) is 0.835. The molecule has 0 atom stereocenters. The van der Waals surface area contributed by atoms with Crippen LogP contribution in [0.1, 0.15) is 36.8 Å². The summed E-state index contributed by atoms with van der Waals surface area (Å²) in [6.45, 7) is 6.67. The third-order valence-corrected chi connectivity index (χ3v) is 3.67. The normalized spacial score (nSPS) is 15.5. The van der Waals surface area contributed by atoms with E-state index in [0.29, 0.717) is 12.2 Å². The second kappa shape index (κ2) is 6.39. The van der Waals surface area contributed by atoms with Crippen molar-refractivity contribution in [2.24, 2.45) is 0 Å². The molecule has 2 heterocycles. The standard InChI is InChI=1S/C14H20BrN3O/c1-10(2)18-9-12(15)7-13(18)14(19)17-8-11-3-5-16-6-4-11/h3,7,9-10,16H,4-6,8H2,1-2H3,(H,17,19). The number of halogens is 1. The Morgan fingerprint density at radius 1 is 1.58 bits per heavy atom. The number of carbonyl (C=O) groups excluding carboxylic acids is 1. The Balaban J connectivity index is 2.01. The molecule has 0 radical (unpaired) electrons. The van der Waals surface area contributed by atoms with Crippen molar-refractivity contribution in [3.05, 3.63) is 34.1 Å². The van der Waals surface area contributed by atoms with E-state index in [4.69, 9.17) is 0 Å². The summed E-state index contributed by atoms with van der Waals surface area (Å²) < 4.78 is 2.92. The zero-order valence-corrected chi connectivity index (χ0v) is 13.0. The number of nitrogens with one attached hydrogen (secondary N) is 2. The Labute approximate surface area is 122 Å². The van der Waals surface area contributed by atoms with Crippen LogP contribution in [0.25, 0.3) is 0 Å². The van der Waals surface area contributed by atoms with Gasteiger partial charge in [-0.2, -0.15) is 0 Å². The summed E-state index contributed by atoms with van der Waals surface area (Å²) in [7, 11) is 0. The van der Waals surface area contributed by atoms with Gasteiger partial charge in [-0.3, -0.25) is 4.79 Å². The van der Waals surface area contributed by atoms with Crippen molar-refractivity contribution in [1.82, 2.24) is 15.2 Å².